The summed E-state index contributed by atoms with van der Waals surface area (Å²) in [4.78, 5) is 12.9. The lowest BCUT2D eigenvalue weighted by Gasteiger charge is -2.23. The summed E-state index contributed by atoms with van der Waals surface area (Å²) < 4.78 is 55.0. The maximum atomic E-state index is 13.0. The number of rotatable bonds is 8. The molecule has 0 unspecified atom stereocenters. The predicted octanol–water partition coefficient (Wildman–Crippen LogP) is 5.20. The fraction of sp³-hybridized carbons (Fsp3) is 0.0690. The van der Waals surface area contributed by atoms with E-state index in [4.69, 9.17) is 0 Å². The molecule has 1 amide bonds. The number of nitrogens with one attached hydrogen (secondary N) is 2. The standard InChI is InChI=1S/C29H25N3O5S2/c1-38(34,35)32(28-15-7-11-22-9-3-5-13-26(22)28)20-29(33)30-23-16-18-24(19-17-23)39(36,37)31-27-14-6-10-21-8-2-4-12-25(21)27/h2-19,31H,20H2,1H3,(H,30,33). The number of anilines is 3. The molecule has 0 saturated carbocycles. The zero-order chi connectivity index (χ0) is 27.6. The molecule has 0 atom stereocenters. The number of sulfonamides is 2. The van der Waals surface area contributed by atoms with Crippen molar-refractivity contribution < 1.29 is 21.6 Å². The monoisotopic (exact) mass is 559 g/mol. The lowest BCUT2D eigenvalue weighted by atomic mass is 10.1. The molecule has 0 aliphatic heterocycles. The molecule has 39 heavy (non-hydrogen) atoms. The topological polar surface area (TPSA) is 113 Å². The number of hydrogen-bond acceptors (Lipinski definition) is 5. The van der Waals surface area contributed by atoms with Crippen molar-refractivity contribution in [2.45, 2.75) is 4.90 Å². The van der Waals surface area contributed by atoms with Gasteiger partial charge in [-0.1, -0.05) is 72.8 Å². The van der Waals surface area contributed by atoms with Crippen molar-refractivity contribution in [2.24, 2.45) is 0 Å². The summed E-state index contributed by atoms with van der Waals surface area (Å²) in [6.07, 6.45) is 1.05. The van der Waals surface area contributed by atoms with Crippen molar-refractivity contribution in [3.8, 4) is 0 Å². The highest BCUT2D eigenvalue weighted by Gasteiger charge is 2.23. The van der Waals surface area contributed by atoms with Crippen LogP contribution in [0.15, 0.2) is 114 Å². The Morgan fingerprint density at radius 1 is 0.692 bits per heavy atom. The van der Waals surface area contributed by atoms with Gasteiger partial charge in [0.1, 0.15) is 6.54 Å². The van der Waals surface area contributed by atoms with Crippen LogP contribution in [0.3, 0.4) is 0 Å². The van der Waals surface area contributed by atoms with Crippen LogP contribution in [0.2, 0.25) is 0 Å². The summed E-state index contributed by atoms with van der Waals surface area (Å²) in [6, 6.07) is 31.1. The zero-order valence-corrected chi connectivity index (χ0v) is 22.5. The molecule has 0 aliphatic rings. The van der Waals surface area contributed by atoms with E-state index >= 15 is 0 Å². The summed E-state index contributed by atoms with van der Waals surface area (Å²) in [5.74, 6) is -0.571. The minimum Gasteiger partial charge on any atom is -0.325 e. The summed E-state index contributed by atoms with van der Waals surface area (Å²) in [7, 11) is -7.68. The van der Waals surface area contributed by atoms with Crippen molar-refractivity contribution in [1.29, 1.82) is 0 Å². The van der Waals surface area contributed by atoms with Gasteiger partial charge in [-0.05, 0) is 47.2 Å². The number of hydrogen-bond donors (Lipinski definition) is 2. The third-order valence-electron chi connectivity index (χ3n) is 6.21. The van der Waals surface area contributed by atoms with E-state index < -0.39 is 32.5 Å². The number of benzene rings is 5. The molecule has 0 heterocycles. The Labute approximate surface area is 227 Å². The van der Waals surface area contributed by atoms with Crippen LogP contribution in [0.5, 0.6) is 0 Å². The van der Waals surface area contributed by atoms with Crippen LogP contribution in [0, 0.1) is 0 Å². The Balaban J connectivity index is 1.33. The highest BCUT2D eigenvalue weighted by molar-refractivity contribution is 7.92. The molecule has 5 aromatic rings. The smallest absolute Gasteiger partial charge is 0.261 e. The van der Waals surface area contributed by atoms with Crippen molar-refractivity contribution in [3.63, 3.8) is 0 Å². The Morgan fingerprint density at radius 2 is 1.26 bits per heavy atom. The molecule has 5 rings (SSSR count). The van der Waals surface area contributed by atoms with E-state index in [1.165, 1.54) is 24.3 Å². The first-order valence-electron chi connectivity index (χ1n) is 12.0. The molecule has 0 bridgehead atoms. The van der Waals surface area contributed by atoms with Gasteiger partial charge in [-0.25, -0.2) is 16.8 Å². The van der Waals surface area contributed by atoms with Gasteiger partial charge in [0.25, 0.3) is 10.0 Å². The van der Waals surface area contributed by atoms with E-state index in [9.17, 15) is 21.6 Å². The molecule has 198 valence electrons. The second-order valence-electron chi connectivity index (χ2n) is 8.97. The minimum absolute atomic E-state index is 0.0157. The lowest BCUT2D eigenvalue weighted by molar-refractivity contribution is -0.114. The van der Waals surface area contributed by atoms with Crippen LogP contribution < -0.4 is 14.3 Å². The molecule has 10 heteroatoms. The maximum Gasteiger partial charge on any atom is 0.261 e. The Hall–Kier alpha value is -4.41. The largest absolute Gasteiger partial charge is 0.325 e. The van der Waals surface area contributed by atoms with E-state index in [2.05, 4.69) is 10.0 Å². The Kier molecular flexibility index (Phi) is 6.98. The van der Waals surface area contributed by atoms with E-state index in [-0.39, 0.29) is 4.90 Å². The molecule has 0 saturated heterocycles. The zero-order valence-electron chi connectivity index (χ0n) is 20.9. The molecule has 0 aliphatic carbocycles. The van der Waals surface area contributed by atoms with Crippen molar-refractivity contribution >= 4 is 64.6 Å². The number of amides is 1. The van der Waals surface area contributed by atoms with Crippen LogP contribution in [0.25, 0.3) is 21.5 Å². The quantitative estimate of drug-likeness (QED) is 0.271. The third-order valence-corrected chi connectivity index (χ3v) is 8.71. The van der Waals surface area contributed by atoms with Gasteiger partial charge in [0, 0.05) is 16.5 Å². The third kappa shape index (κ3) is 5.71. The first kappa shape index (κ1) is 26.2. The minimum atomic E-state index is -3.90. The van der Waals surface area contributed by atoms with Gasteiger partial charge in [0.05, 0.1) is 22.5 Å². The Bertz CT molecular complexity index is 1890. The predicted molar refractivity (Wildman–Crippen MR) is 156 cm³/mol. The first-order valence-corrected chi connectivity index (χ1v) is 15.3. The van der Waals surface area contributed by atoms with Gasteiger partial charge >= 0.3 is 0 Å². The van der Waals surface area contributed by atoms with Gasteiger partial charge < -0.3 is 5.32 Å². The summed E-state index contributed by atoms with van der Waals surface area (Å²) >= 11 is 0. The van der Waals surface area contributed by atoms with Crippen molar-refractivity contribution in [2.75, 3.05) is 27.1 Å². The average Bonchev–Trinajstić information content (AvgIpc) is 2.91. The van der Waals surface area contributed by atoms with Crippen LogP contribution in [0.4, 0.5) is 17.1 Å². The molecular formula is C29H25N3O5S2. The Morgan fingerprint density at radius 3 is 1.92 bits per heavy atom. The van der Waals surface area contributed by atoms with E-state index in [1.54, 1.807) is 36.4 Å². The van der Waals surface area contributed by atoms with Crippen LogP contribution in [-0.4, -0.2) is 35.5 Å². The molecule has 0 aromatic heterocycles. The van der Waals surface area contributed by atoms with Gasteiger partial charge in [-0.15, -0.1) is 0 Å². The average molecular weight is 560 g/mol. The molecule has 0 fully saturated rings. The van der Waals surface area contributed by atoms with E-state index in [0.717, 1.165) is 26.7 Å². The summed E-state index contributed by atoms with van der Waals surface area (Å²) in [5, 5.41) is 5.88. The van der Waals surface area contributed by atoms with Gasteiger partial charge in [-0.3, -0.25) is 13.8 Å². The highest BCUT2D eigenvalue weighted by atomic mass is 32.2. The summed E-state index contributed by atoms with van der Waals surface area (Å²) in [5.41, 5.74) is 1.18. The molecule has 0 spiro atoms. The number of carbonyl (C=O) groups excluding carboxylic acids is 1. The second-order valence-corrected chi connectivity index (χ2v) is 12.6. The van der Waals surface area contributed by atoms with E-state index in [1.807, 2.05) is 48.5 Å². The van der Waals surface area contributed by atoms with Gasteiger partial charge in [-0.2, -0.15) is 0 Å². The molecule has 0 radical (unpaired) electrons. The lowest BCUT2D eigenvalue weighted by Crippen LogP contribution is -2.37. The number of fused-ring (bicyclic) bond motifs is 2. The normalized spacial score (nSPS) is 11.8. The van der Waals surface area contributed by atoms with E-state index in [0.29, 0.717) is 22.4 Å². The van der Waals surface area contributed by atoms with Crippen LogP contribution >= 0.6 is 0 Å². The maximum absolute atomic E-state index is 13.0. The fourth-order valence-electron chi connectivity index (χ4n) is 4.37. The number of carbonyl (C=O) groups is 1. The molecule has 5 aromatic carbocycles. The van der Waals surface area contributed by atoms with Crippen molar-refractivity contribution in [1.82, 2.24) is 0 Å². The SMILES string of the molecule is CS(=O)(=O)N(CC(=O)Nc1ccc(S(=O)(=O)Nc2cccc3ccccc23)cc1)c1cccc2ccccc12. The summed E-state index contributed by atoms with van der Waals surface area (Å²) in [6.45, 7) is -0.449. The molecule has 8 nitrogen and oxygen atoms in total. The highest BCUT2D eigenvalue weighted by Crippen LogP contribution is 2.29. The number of nitrogens with zero attached hydrogens (tertiary/aromatic N) is 1. The molecule has 2 N–H and O–H groups in total. The van der Waals surface area contributed by atoms with Crippen molar-refractivity contribution in [3.05, 3.63) is 109 Å². The van der Waals surface area contributed by atoms with Crippen LogP contribution in [-0.2, 0) is 24.8 Å². The second kappa shape index (κ2) is 10.4. The molecular weight excluding hydrogens is 534 g/mol. The van der Waals surface area contributed by atoms with Crippen LogP contribution in [0.1, 0.15) is 0 Å². The first-order chi connectivity index (χ1) is 18.6. The van der Waals surface area contributed by atoms with Gasteiger partial charge in [0.2, 0.25) is 15.9 Å². The fourth-order valence-corrected chi connectivity index (χ4v) is 6.32. The van der Waals surface area contributed by atoms with Gasteiger partial charge in [0.15, 0.2) is 0 Å².